The zero-order valence-electron chi connectivity index (χ0n) is 16.9. The van der Waals surface area contributed by atoms with Crippen LogP contribution in [-0.2, 0) is 4.74 Å². The van der Waals surface area contributed by atoms with E-state index in [9.17, 15) is 14.4 Å². The summed E-state index contributed by atoms with van der Waals surface area (Å²) >= 11 is 0. The second-order valence-corrected chi connectivity index (χ2v) is 6.92. The molecular weight excluding hydrogens is 360 g/mol. The molecule has 0 atom stereocenters. The number of unbranched alkanes of at least 4 members (excludes halogenated alkanes) is 1. The van der Waals surface area contributed by atoms with Crippen LogP contribution in [0.25, 0.3) is 0 Å². The number of pyridine rings is 1. The minimum atomic E-state index is -0.313. The lowest BCUT2D eigenvalue weighted by Crippen LogP contribution is -2.46. The number of piperidine rings is 1. The second kappa shape index (κ2) is 10.6. The fraction of sp³-hybridized carbons (Fsp3) is 0.600. The van der Waals surface area contributed by atoms with Crippen LogP contribution in [0.2, 0.25) is 0 Å². The molecule has 8 heteroatoms. The number of rotatable bonds is 7. The highest BCUT2D eigenvalue weighted by molar-refractivity contribution is 5.96. The second-order valence-electron chi connectivity index (χ2n) is 6.92. The van der Waals surface area contributed by atoms with Crippen molar-refractivity contribution in [3.63, 3.8) is 0 Å². The number of amides is 3. The zero-order valence-corrected chi connectivity index (χ0v) is 16.9. The van der Waals surface area contributed by atoms with E-state index in [1.54, 1.807) is 42.0 Å². The predicted octanol–water partition coefficient (Wildman–Crippen LogP) is 2.30. The van der Waals surface area contributed by atoms with Crippen molar-refractivity contribution in [3.05, 3.63) is 29.6 Å². The molecule has 1 aliphatic rings. The highest BCUT2D eigenvalue weighted by atomic mass is 16.6. The number of likely N-dealkylation sites (tertiary alicyclic amines) is 1. The molecule has 154 valence electrons. The fourth-order valence-corrected chi connectivity index (χ4v) is 3.05. The van der Waals surface area contributed by atoms with E-state index in [1.807, 2.05) is 0 Å². The standard InChI is InChI=1S/C20H30N4O4/c1-4-6-12-23(3)19(26)17-9-7-8-16(22-17)18(25)21-15-10-13-24(14-11-15)20(27)28-5-2/h7-9,15H,4-6,10-14H2,1-3H3,(H,21,25). The Hall–Kier alpha value is -2.64. The normalized spacial score (nSPS) is 14.5. The van der Waals surface area contributed by atoms with Crippen molar-refractivity contribution < 1.29 is 19.1 Å². The third-order valence-electron chi connectivity index (χ3n) is 4.75. The summed E-state index contributed by atoms with van der Waals surface area (Å²) < 4.78 is 5.00. The minimum absolute atomic E-state index is 0.0356. The van der Waals surface area contributed by atoms with Crippen molar-refractivity contribution in [3.8, 4) is 0 Å². The number of aromatic nitrogens is 1. The van der Waals surface area contributed by atoms with Gasteiger partial charge in [0.2, 0.25) is 0 Å². The van der Waals surface area contributed by atoms with Crippen LogP contribution in [0.3, 0.4) is 0 Å². The average molecular weight is 390 g/mol. The number of carbonyl (C=O) groups is 3. The number of hydrogen-bond acceptors (Lipinski definition) is 5. The Labute approximate surface area is 166 Å². The molecule has 2 heterocycles. The molecule has 0 aromatic carbocycles. The lowest BCUT2D eigenvalue weighted by molar-refractivity contribution is 0.0787. The fourth-order valence-electron chi connectivity index (χ4n) is 3.05. The van der Waals surface area contributed by atoms with Crippen molar-refractivity contribution in [1.29, 1.82) is 0 Å². The minimum Gasteiger partial charge on any atom is -0.450 e. The van der Waals surface area contributed by atoms with Crippen LogP contribution in [0.4, 0.5) is 4.79 Å². The molecule has 1 aromatic rings. The van der Waals surface area contributed by atoms with Crippen LogP contribution >= 0.6 is 0 Å². The van der Waals surface area contributed by atoms with Crippen molar-refractivity contribution in [2.45, 2.75) is 45.6 Å². The zero-order chi connectivity index (χ0) is 20.5. The molecule has 28 heavy (non-hydrogen) atoms. The molecule has 0 aliphatic carbocycles. The van der Waals surface area contributed by atoms with Gasteiger partial charge in [0.25, 0.3) is 11.8 Å². The van der Waals surface area contributed by atoms with Gasteiger partial charge in [0.1, 0.15) is 11.4 Å². The molecule has 0 saturated carbocycles. The molecule has 0 radical (unpaired) electrons. The molecular formula is C20H30N4O4. The molecule has 1 saturated heterocycles. The van der Waals surface area contributed by atoms with Gasteiger partial charge in [-0.15, -0.1) is 0 Å². The van der Waals surface area contributed by atoms with E-state index >= 15 is 0 Å². The summed E-state index contributed by atoms with van der Waals surface area (Å²) in [5, 5.41) is 2.95. The van der Waals surface area contributed by atoms with E-state index in [0.717, 1.165) is 12.8 Å². The molecule has 0 unspecified atom stereocenters. The molecule has 1 aromatic heterocycles. The van der Waals surface area contributed by atoms with Gasteiger partial charge in [-0.1, -0.05) is 19.4 Å². The molecule has 1 N–H and O–H groups in total. The number of ether oxygens (including phenoxy) is 1. The van der Waals surface area contributed by atoms with Gasteiger partial charge >= 0.3 is 6.09 Å². The third-order valence-corrected chi connectivity index (χ3v) is 4.75. The van der Waals surface area contributed by atoms with E-state index in [2.05, 4.69) is 17.2 Å². The van der Waals surface area contributed by atoms with Crippen molar-refractivity contribution >= 4 is 17.9 Å². The first kappa shape index (κ1) is 21.7. The number of nitrogens with zero attached hydrogens (tertiary/aromatic N) is 3. The molecule has 3 amide bonds. The van der Waals surface area contributed by atoms with Crippen molar-refractivity contribution in [2.24, 2.45) is 0 Å². The summed E-state index contributed by atoms with van der Waals surface area (Å²) in [6.07, 6.45) is 2.92. The Morgan fingerprint density at radius 1 is 1.21 bits per heavy atom. The maximum absolute atomic E-state index is 12.5. The largest absolute Gasteiger partial charge is 0.450 e. The quantitative estimate of drug-likeness (QED) is 0.771. The lowest BCUT2D eigenvalue weighted by atomic mass is 10.1. The van der Waals surface area contributed by atoms with Gasteiger partial charge in [-0.05, 0) is 38.3 Å². The van der Waals surface area contributed by atoms with Crippen molar-refractivity contribution in [2.75, 3.05) is 33.3 Å². The smallest absolute Gasteiger partial charge is 0.409 e. The van der Waals surface area contributed by atoms with Gasteiger partial charge in [0, 0.05) is 32.7 Å². The first-order chi connectivity index (χ1) is 13.5. The summed E-state index contributed by atoms with van der Waals surface area (Å²) in [7, 11) is 1.74. The SMILES string of the molecule is CCCCN(C)C(=O)c1cccc(C(=O)NC2CCN(C(=O)OCC)CC2)n1. The monoisotopic (exact) mass is 390 g/mol. The molecule has 0 bridgehead atoms. The van der Waals surface area contributed by atoms with Gasteiger partial charge in [-0.3, -0.25) is 9.59 Å². The maximum atomic E-state index is 12.5. The molecule has 1 fully saturated rings. The van der Waals surface area contributed by atoms with E-state index in [0.29, 0.717) is 39.1 Å². The van der Waals surface area contributed by atoms with Crippen LogP contribution in [0.5, 0.6) is 0 Å². The summed E-state index contributed by atoms with van der Waals surface area (Å²) in [6.45, 7) is 5.93. The van der Waals surface area contributed by atoms with Crippen LogP contribution in [0.1, 0.15) is 60.5 Å². The summed E-state index contributed by atoms with van der Waals surface area (Å²) in [5.74, 6) is -0.494. The first-order valence-electron chi connectivity index (χ1n) is 9.91. The van der Waals surface area contributed by atoms with Crippen LogP contribution < -0.4 is 5.32 Å². The number of carbonyl (C=O) groups excluding carboxylic acids is 3. The Kier molecular flexibility index (Phi) is 8.22. The number of nitrogens with one attached hydrogen (secondary N) is 1. The molecule has 1 aliphatic heterocycles. The third kappa shape index (κ3) is 5.94. The highest BCUT2D eigenvalue weighted by Gasteiger charge is 2.25. The maximum Gasteiger partial charge on any atom is 0.409 e. The number of hydrogen-bond donors (Lipinski definition) is 1. The Morgan fingerprint density at radius 2 is 1.89 bits per heavy atom. The van der Waals surface area contributed by atoms with Crippen LogP contribution in [0.15, 0.2) is 18.2 Å². The van der Waals surface area contributed by atoms with E-state index in [4.69, 9.17) is 4.74 Å². The molecule has 0 spiro atoms. The summed E-state index contributed by atoms with van der Waals surface area (Å²) in [5.41, 5.74) is 0.492. The Morgan fingerprint density at radius 3 is 2.54 bits per heavy atom. The van der Waals surface area contributed by atoms with E-state index < -0.39 is 0 Å². The van der Waals surface area contributed by atoms with Crippen LogP contribution in [-0.4, -0.2) is 72.0 Å². The summed E-state index contributed by atoms with van der Waals surface area (Å²) in [6, 6.07) is 4.86. The Balaban J connectivity index is 1.91. The van der Waals surface area contributed by atoms with Gasteiger partial charge in [0.05, 0.1) is 6.61 Å². The first-order valence-corrected chi connectivity index (χ1v) is 9.91. The van der Waals surface area contributed by atoms with Crippen molar-refractivity contribution in [1.82, 2.24) is 20.1 Å². The highest BCUT2D eigenvalue weighted by Crippen LogP contribution is 2.12. The van der Waals surface area contributed by atoms with E-state index in [-0.39, 0.29) is 35.3 Å². The van der Waals surface area contributed by atoms with Gasteiger partial charge in [-0.2, -0.15) is 0 Å². The molecule has 2 rings (SSSR count). The summed E-state index contributed by atoms with van der Waals surface area (Å²) in [4.78, 5) is 44.3. The molecule has 8 nitrogen and oxygen atoms in total. The predicted molar refractivity (Wildman–Crippen MR) is 105 cm³/mol. The topological polar surface area (TPSA) is 91.8 Å². The van der Waals surface area contributed by atoms with Gasteiger partial charge < -0.3 is 19.9 Å². The van der Waals surface area contributed by atoms with Gasteiger partial charge in [-0.25, -0.2) is 9.78 Å². The van der Waals surface area contributed by atoms with Gasteiger partial charge in [0.15, 0.2) is 0 Å². The van der Waals surface area contributed by atoms with Crippen LogP contribution in [0, 0.1) is 0 Å². The Bertz CT molecular complexity index is 687. The average Bonchev–Trinajstić information content (AvgIpc) is 2.72. The van der Waals surface area contributed by atoms with E-state index in [1.165, 1.54) is 0 Å². The lowest BCUT2D eigenvalue weighted by Gasteiger charge is -2.31.